The minimum Gasteiger partial charge on any atom is -0.497 e. The average Bonchev–Trinajstić information content (AvgIpc) is 3.26. The van der Waals surface area contributed by atoms with E-state index < -0.39 is 24.5 Å². The summed E-state index contributed by atoms with van der Waals surface area (Å²) in [6.45, 7) is 0. The molecule has 1 aliphatic rings. The number of fused-ring (bicyclic) bond motifs is 1. The first kappa shape index (κ1) is 18.9. The van der Waals surface area contributed by atoms with Crippen LogP contribution in [0, 0.1) is 0 Å². The van der Waals surface area contributed by atoms with E-state index >= 15 is 0 Å². The molecule has 4 rings (SSSR count). The summed E-state index contributed by atoms with van der Waals surface area (Å²) in [4.78, 5) is 12.3. The van der Waals surface area contributed by atoms with Gasteiger partial charge in [-0.1, -0.05) is 12.1 Å². The van der Waals surface area contributed by atoms with Gasteiger partial charge in [-0.25, -0.2) is 15.0 Å². The number of nitrogens with two attached hydrogens (primary N) is 1. The van der Waals surface area contributed by atoms with Crippen molar-refractivity contribution < 1.29 is 19.7 Å². The summed E-state index contributed by atoms with van der Waals surface area (Å²) >= 11 is 1.62. The molecule has 0 saturated carbocycles. The maximum atomic E-state index is 10.5. The number of nitrogens with zero attached hydrogens (tertiary/aromatic N) is 4. The minimum atomic E-state index is -1.10. The zero-order chi connectivity index (χ0) is 19.7. The maximum absolute atomic E-state index is 10.5. The van der Waals surface area contributed by atoms with Gasteiger partial charge in [0.25, 0.3) is 0 Å². The largest absolute Gasteiger partial charge is 0.497 e. The molecule has 1 aromatic carbocycles. The summed E-state index contributed by atoms with van der Waals surface area (Å²) < 4.78 is 12.7. The van der Waals surface area contributed by atoms with Crippen molar-refractivity contribution in [3.63, 3.8) is 0 Å². The van der Waals surface area contributed by atoms with Crippen LogP contribution in [-0.2, 0) is 10.5 Å². The molecular formula is C18H21N5O4S. The lowest BCUT2D eigenvalue weighted by Gasteiger charge is -2.16. The van der Waals surface area contributed by atoms with Crippen LogP contribution in [-0.4, -0.2) is 60.9 Å². The number of aromatic nitrogens is 4. The zero-order valence-corrected chi connectivity index (χ0v) is 16.0. The number of aliphatic hydroxyl groups is 2. The van der Waals surface area contributed by atoms with Gasteiger partial charge in [-0.15, -0.1) is 0 Å². The van der Waals surface area contributed by atoms with Crippen molar-refractivity contribution in [1.82, 2.24) is 19.5 Å². The number of hydrogen-bond acceptors (Lipinski definition) is 9. The third kappa shape index (κ3) is 3.51. The van der Waals surface area contributed by atoms with Crippen molar-refractivity contribution >= 4 is 28.7 Å². The molecule has 1 fully saturated rings. The molecule has 4 atom stereocenters. The summed E-state index contributed by atoms with van der Waals surface area (Å²) in [6.07, 6.45) is -0.593. The van der Waals surface area contributed by atoms with Gasteiger partial charge in [-0.2, -0.15) is 11.8 Å². The zero-order valence-electron chi connectivity index (χ0n) is 15.2. The predicted molar refractivity (Wildman–Crippen MR) is 105 cm³/mol. The highest BCUT2D eigenvalue weighted by atomic mass is 32.2. The number of hydrogen-bond donors (Lipinski definition) is 3. The predicted octanol–water partition coefficient (Wildman–Crippen LogP) is 0.970. The Balaban J connectivity index is 1.41. The molecule has 1 aliphatic heterocycles. The van der Waals surface area contributed by atoms with Gasteiger partial charge in [-0.05, 0) is 17.7 Å². The minimum absolute atomic E-state index is 0.253. The highest BCUT2D eigenvalue weighted by Crippen LogP contribution is 2.33. The summed E-state index contributed by atoms with van der Waals surface area (Å²) in [5.41, 5.74) is 7.84. The van der Waals surface area contributed by atoms with Crippen molar-refractivity contribution in [1.29, 1.82) is 0 Å². The first-order valence-corrected chi connectivity index (χ1v) is 9.89. The molecule has 2 aromatic heterocycles. The summed E-state index contributed by atoms with van der Waals surface area (Å²) in [6, 6.07) is 7.82. The lowest BCUT2D eigenvalue weighted by Crippen LogP contribution is -2.32. The van der Waals surface area contributed by atoms with Gasteiger partial charge in [0.05, 0.1) is 19.5 Å². The molecule has 3 unspecified atom stereocenters. The summed E-state index contributed by atoms with van der Waals surface area (Å²) in [5.74, 6) is 2.36. The van der Waals surface area contributed by atoms with E-state index in [0.717, 1.165) is 17.1 Å². The molecule has 148 valence electrons. The molecule has 0 aliphatic carbocycles. The molecule has 10 heteroatoms. The second-order valence-corrected chi connectivity index (χ2v) is 7.52. The number of thioether (sulfide) groups is 1. The fourth-order valence-electron chi connectivity index (χ4n) is 3.17. The van der Waals surface area contributed by atoms with Gasteiger partial charge < -0.3 is 25.4 Å². The Bertz CT molecular complexity index is 951. The molecule has 9 nitrogen and oxygen atoms in total. The van der Waals surface area contributed by atoms with Crippen LogP contribution >= 0.6 is 11.8 Å². The fraction of sp³-hybridized carbons (Fsp3) is 0.389. The quantitative estimate of drug-likeness (QED) is 0.551. The maximum Gasteiger partial charge on any atom is 0.167 e. The fourth-order valence-corrected chi connectivity index (χ4v) is 4.22. The smallest absolute Gasteiger partial charge is 0.167 e. The van der Waals surface area contributed by atoms with Crippen LogP contribution < -0.4 is 10.5 Å². The molecule has 3 aromatic rings. The molecule has 0 radical (unpaired) electrons. The van der Waals surface area contributed by atoms with Gasteiger partial charge in [0, 0.05) is 11.5 Å². The van der Waals surface area contributed by atoms with Crippen LogP contribution in [0.15, 0.2) is 36.9 Å². The first-order valence-electron chi connectivity index (χ1n) is 8.73. The SMILES string of the molecule is COc1ccc(CSC[C@@H]2OC(n3cnc4c(N)ncnc43)C(O)C2O)cc1. The van der Waals surface area contributed by atoms with Crippen LogP contribution in [0.4, 0.5) is 5.82 Å². The Morgan fingerprint density at radius 1 is 1.18 bits per heavy atom. The van der Waals surface area contributed by atoms with Crippen molar-refractivity contribution in [2.24, 2.45) is 0 Å². The van der Waals surface area contributed by atoms with Crippen LogP contribution in [0.5, 0.6) is 5.75 Å². The number of ether oxygens (including phenoxy) is 2. The molecule has 1 saturated heterocycles. The van der Waals surface area contributed by atoms with E-state index in [0.29, 0.717) is 16.9 Å². The monoisotopic (exact) mass is 403 g/mol. The number of benzene rings is 1. The number of anilines is 1. The lowest BCUT2D eigenvalue weighted by molar-refractivity contribution is -0.0289. The standard InChI is InChI=1S/C18H21N5O4S/c1-26-11-4-2-10(3-5-11)6-28-7-12-14(24)15(25)18(27-12)23-9-22-13-16(19)20-8-21-17(13)23/h2-5,8-9,12,14-15,18,24-25H,6-7H2,1H3,(H2,19,20,21)/t12-,14?,15?,18?/m0/s1. The Morgan fingerprint density at radius 2 is 1.96 bits per heavy atom. The molecular weight excluding hydrogens is 382 g/mol. The van der Waals surface area contributed by atoms with Crippen LogP contribution in [0.3, 0.4) is 0 Å². The van der Waals surface area contributed by atoms with E-state index in [1.54, 1.807) is 23.4 Å². The average molecular weight is 403 g/mol. The number of imidazole rings is 1. The number of rotatable bonds is 6. The van der Waals surface area contributed by atoms with Gasteiger partial charge in [0.2, 0.25) is 0 Å². The molecule has 0 spiro atoms. The van der Waals surface area contributed by atoms with Crippen LogP contribution in [0.1, 0.15) is 11.8 Å². The highest BCUT2D eigenvalue weighted by Gasteiger charge is 2.44. The van der Waals surface area contributed by atoms with Gasteiger partial charge in [-0.3, -0.25) is 4.57 Å². The normalized spacial score (nSPS) is 24.7. The Kier molecular flexibility index (Phi) is 5.36. The van der Waals surface area contributed by atoms with E-state index in [1.807, 2.05) is 24.3 Å². The Labute approximate surface area is 165 Å². The number of methoxy groups -OCH3 is 1. The number of aliphatic hydroxyl groups excluding tert-OH is 2. The third-order valence-electron chi connectivity index (χ3n) is 4.71. The first-order chi connectivity index (χ1) is 13.6. The van der Waals surface area contributed by atoms with Gasteiger partial charge >= 0.3 is 0 Å². The molecule has 4 N–H and O–H groups in total. The van der Waals surface area contributed by atoms with E-state index in [9.17, 15) is 10.2 Å². The van der Waals surface area contributed by atoms with Crippen molar-refractivity contribution in [3.05, 3.63) is 42.5 Å². The lowest BCUT2D eigenvalue weighted by atomic mass is 10.1. The van der Waals surface area contributed by atoms with E-state index in [-0.39, 0.29) is 5.82 Å². The van der Waals surface area contributed by atoms with Crippen molar-refractivity contribution in [2.45, 2.75) is 30.3 Å². The van der Waals surface area contributed by atoms with Crippen molar-refractivity contribution in [2.75, 3.05) is 18.6 Å². The molecule has 3 heterocycles. The highest BCUT2D eigenvalue weighted by molar-refractivity contribution is 7.98. The van der Waals surface area contributed by atoms with Gasteiger partial charge in [0.1, 0.15) is 29.8 Å². The summed E-state index contributed by atoms with van der Waals surface area (Å²) in [7, 11) is 1.63. The molecule has 0 amide bonds. The second kappa shape index (κ2) is 7.92. The van der Waals surface area contributed by atoms with E-state index in [1.165, 1.54) is 12.7 Å². The van der Waals surface area contributed by atoms with Crippen molar-refractivity contribution in [3.8, 4) is 5.75 Å². The third-order valence-corrected chi connectivity index (χ3v) is 5.81. The summed E-state index contributed by atoms with van der Waals surface area (Å²) in [5, 5.41) is 20.9. The van der Waals surface area contributed by atoms with E-state index in [2.05, 4.69) is 15.0 Å². The van der Waals surface area contributed by atoms with Crippen LogP contribution in [0.25, 0.3) is 11.2 Å². The number of nitrogen functional groups attached to an aromatic ring is 1. The topological polar surface area (TPSA) is 129 Å². The molecule has 0 bridgehead atoms. The van der Waals surface area contributed by atoms with Gasteiger partial charge in [0.15, 0.2) is 17.7 Å². The Morgan fingerprint density at radius 3 is 2.71 bits per heavy atom. The second-order valence-electron chi connectivity index (χ2n) is 6.49. The Hall–Kier alpha value is -2.40. The molecule has 28 heavy (non-hydrogen) atoms. The van der Waals surface area contributed by atoms with E-state index in [4.69, 9.17) is 15.2 Å². The van der Waals surface area contributed by atoms with Crippen LogP contribution in [0.2, 0.25) is 0 Å².